The van der Waals surface area contributed by atoms with Crippen molar-refractivity contribution in [2.24, 2.45) is 0 Å². The number of rotatable bonds is 4. The van der Waals surface area contributed by atoms with Gasteiger partial charge in [-0.25, -0.2) is 14.2 Å². The summed E-state index contributed by atoms with van der Waals surface area (Å²) in [6.07, 6.45) is 1.29. The van der Waals surface area contributed by atoms with Crippen molar-refractivity contribution in [2.75, 3.05) is 6.61 Å². The largest absolute Gasteiger partial charge is 0.479 e. The van der Waals surface area contributed by atoms with Crippen LogP contribution in [0.25, 0.3) is 27.8 Å². The van der Waals surface area contributed by atoms with Crippen molar-refractivity contribution in [1.82, 2.24) is 19.7 Å². The van der Waals surface area contributed by atoms with Gasteiger partial charge in [0.2, 0.25) is 0 Å². The second-order valence-electron chi connectivity index (χ2n) is 8.48. The molecule has 0 spiro atoms. The average Bonchev–Trinajstić information content (AvgIpc) is 3.44. The molecule has 7 nitrogen and oxygen atoms in total. The number of H-pyrrole nitrogens is 1. The first-order valence-electron chi connectivity index (χ1n) is 10.3. The van der Waals surface area contributed by atoms with E-state index in [2.05, 4.69) is 28.6 Å². The lowest BCUT2D eigenvalue weighted by molar-refractivity contribution is -0.147. The Bertz CT molecular complexity index is 1320. The van der Waals surface area contributed by atoms with E-state index < -0.39 is 12.1 Å². The van der Waals surface area contributed by atoms with Gasteiger partial charge in [0.05, 0.1) is 23.8 Å². The van der Waals surface area contributed by atoms with E-state index in [4.69, 9.17) is 9.72 Å². The fraction of sp³-hybridized carbons (Fsp3) is 0.348. The van der Waals surface area contributed by atoms with E-state index in [1.54, 1.807) is 19.2 Å². The number of carbonyl (C=O) groups is 1. The number of aromatic amines is 1. The van der Waals surface area contributed by atoms with Gasteiger partial charge >= 0.3 is 5.97 Å². The van der Waals surface area contributed by atoms with Crippen molar-refractivity contribution in [3.63, 3.8) is 0 Å². The van der Waals surface area contributed by atoms with Crippen LogP contribution in [0.1, 0.15) is 48.9 Å². The predicted molar refractivity (Wildman–Crippen MR) is 114 cm³/mol. The van der Waals surface area contributed by atoms with Gasteiger partial charge in [-0.15, -0.1) is 0 Å². The highest BCUT2D eigenvalue weighted by molar-refractivity contribution is 5.93. The van der Waals surface area contributed by atoms with Gasteiger partial charge in [0.25, 0.3) is 0 Å². The third kappa shape index (κ3) is 3.09. The molecule has 1 aliphatic rings. The Hall–Kier alpha value is -3.26. The number of carboxylic acids is 1. The number of ether oxygens (including phenoxy) is 1. The minimum absolute atomic E-state index is 0.100. The van der Waals surface area contributed by atoms with Crippen LogP contribution in [0.3, 0.4) is 0 Å². The molecule has 4 aromatic rings. The Morgan fingerprint density at radius 2 is 2.16 bits per heavy atom. The number of nitrogens with one attached hydrogen (secondary N) is 1. The smallest absolute Gasteiger partial charge is 0.332 e. The highest BCUT2D eigenvalue weighted by Gasteiger charge is 2.36. The standard InChI is InChI=1S/C23H23FN4O3/c1-11(2)21-19(14-8-18(23(29)30)31-10-14)20-17(7-13-9-25-27-22(13)26-20)28(21)15-4-5-16(24)12(3)6-15/h4-7,9,11,14,18H,8,10H2,1-3H3,(H,29,30)(H,25,26,27)/t14-,18+/m0/s1. The summed E-state index contributed by atoms with van der Waals surface area (Å²) in [6, 6.07) is 7.10. The van der Waals surface area contributed by atoms with Gasteiger partial charge in [0.1, 0.15) is 5.82 Å². The molecular formula is C23H23FN4O3. The number of halogens is 1. The fourth-order valence-electron chi connectivity index (χ4n) is 4.63. The Kier molecular flexibility index (Phi) is 4.55. The molecule has 1 aromatic carbocycles. The minimum atomic E-state index is -0.949. The molecule has 160 valence electrons. The van der Waals surface area contributed by atoms with Crippen molar-refractivity contribution in [3.8, 4) is 5.69 Å². The third-order valence-corrected chi connectivity index (χ3v) is 6.05. The molecular weight excluding hydrogens is 399 g/mol. The quantitative estimate of drug-likeness (QED) is 0.508. The topological polar surface area (TPSA) is 93.0 Å². The fourth-order valence-corrected chi connectivity index (χ4v) is 4.63. The van der Waals surface area contributed by atoms with E-state index in [1.807, 2.05) is 12.1 Å². The Morgan fingerprint density at radius 3 is 2.84 bits per heavy atom. The molecule has 8 heteroatoms. The van der Waals surface area contributed by atoms with Crippen LogP contribution in [-0.2, 0) is 9.53 Å². The van der Waals surface area contributed by atoms with Gasteiger partial charge < -0.3 is 14.4 Å². The molecule has 31 heavy (non-hydrogen) atoms. The monoisotopic (exact) mass is 422 g/mol. The van der Waals surface area contributed by atoms with Crippen molar-refractivity contribution in [1.29, 1.82) is 0 Å². The maximum atomic E-state index is 14.0. The Balaban J connectivity index is 1.83. The molecule has 4 heterocycles. The summed E-state index contributed by atoms with van der Waals surface area (Å²) in [4.78, 5) is 16.4. The number of hydrogen-bond acceptors (Lipinski definition) is 4. The van der Waals surface area contributed by atoms with Crippen LogP contribution in [0.2, 0.25) is 0 Å². The average molecular weight is 422 g/mol. The first-order chi connectivity index (χ1) is 14.8. The van der Waals surface area contributed by atoms with E-state index in [-0.39, 0.29) is 17.7 Å². The third-order valence-electron chi connectivity index (χ3n) is 6.05. The molecule has 3 aromatic heterocycles. The van der Waals surface area contributed by atoms with Gasteiger partial charge in [-0.1, -0.05) is 13.8 Å². The van der Waals surface area contributed by atoms with E-state index in [0.29, 0.717) is 24.2 Å². The first-order valence-corrected chi connectivity index (χ1v) is 10.3. The summed E-state index contributed by atoms with van der Waals surface area (Å²) < 4.78 is 21.7. The Morgan fingerprint density at radius 1 is 1.35 bits per heavy atom. The number of fused-ring (bicyclic) bond motifs is 2. The molecule has 5 rings (SSSR count). The summed E-state index contributed by atoms with van der Waals surface area (Å²) in [5, 5.41) is 17.3. The molecule has 1 aliphatic heterocycles. The summed E-state index contributed by atoms with van der Waals surface area (Å²) >= 11 is 0. The number of pyridine rings is 1. The molecule has 2 atom stereocenters. The van der Waals surface area contributed by atoms with Crippen LogP contribution in [0.4, 0.5) is 4.39 Å². The number of benzene rings is 1. The first kappa shape index (κ1) is 19.7. The van der Waals surface area contributed by atoms with Gasteiger partial charge in [-0.05, 0) is 49.1 Å². The van der Waals surface area contributed by atoms with Crippen LogP contribution in [0.15, 0.2) is 30.5 Å². The number of aryl methyl sites for hydroxylation is 1. The molecule has 1 fully saturated rings. The Labute approximate surface area is 177 Å². The molecule has 0 amide bonds. The summed E-state index contributed by atoms with van der Waals surface area (Å²) in [5.41, 5.74) is 5.78. The van der Waals surface area contributed by atoms with Crippen molar-refractivity contribution in [3.05, 3.63) is 53.1 Å². The lowest BCUT2D eigenvalue weighted by Gasteiger charge is -2.18. The van der Waals surface area contributed by atoms with Crippen LogP contribution >= 0.6 is 0 Å². The molecule has 0 aliphatic carbocycles. The predicted octanol–water partition coefficient (Wildman–Crippen LogP) is 4.43. The highest BCUT2D eigenvalue weighted by atomic mass is 19.1. The van der Waals surface area contributed by atoms with Crippen LogP contribution in [0, 0.1) is 12.7 Å². The number of aliphatic carboxylic acids is 1. The zero-order chi connectivity index (χ0) is 21.9. The normalized spacial score (nSPS) is 19.1. The molecule has 0 unspecified atom stereocenters. The van der Waals surface area contributed by atoms with Crippen LogP contribution in [0.5, 0.6) is 0 Å². The van der Waals surface area contributed by atoms with Gasteiger partial charge in [0, 0.05) is 28.2 Å². The van der Waals surface area contributed by atoms with E-state index in [0.717, 1.165) is 33.4 Å². The maximum Gasteiger partial charge on any atom is 0.332 e. The zero-order valence-corrected chi connectivity index (χ0v) is 17.5. The lowest BCUT2D eigenvalue weighted by atomic mass is 9.91. The lowest BCUT2D eigenvalue weighted by Crippen LogP contribution is -2.18. The van der Waals surface area contributed by atoms with Crippen molar-refractivity contribution >= 4 is 28.0 Å². The summed E-state index contributed by atoms with van der Waals surface area (Å²) in [5.74, 6) is -1.18. The molecule has 0 saturated carbocycles. The number of nitrogens with zero attached hydrogens (tertiary/aromatic N) is 3. The number of carboxylic acid groups (broad SMARTS) is 1. The molecule has 2 N–H and O–H groups in total. The van der Waals surface area contributed by atoms with Gasteiger partial charge in [-0.2, -0.15) is 5.10 Å². The second kappa shape index (κ2) is 7.16. The zero-order valence-electron chi connectivity index (χ0n) is 17.5. The molecule has 0 radical (unpaired) electrons. The second-order valence-corrected chi connectivity index (χ2v) is 8.48. The molecule has 1 saturated heterocycles. The van der Waals surface area contributed by atoms with E-state index in [1.165, 1.54) is 6.07 Å². The highest BCUT2D eigenvalue weighted by Crippen LogP contribution is 2.42. The maximum absolute atomic E-state index is 14.0. The van der Waals surface area contributed by atoms with Crippen LogP contribution < -0.4 is 0 Å². The van der Waals surface area contributed by atoms with Crippen molar-refractivity contribution < 1.29 is 19.0 Å². The summed E-state index contributed by atoms with van der Waals surface area (Å²) in [6.45, 7) is 6.27. The van der Waals surface area contributed by atoms with E-state index in [9.17, 15) is 14.3 Å². The minimum Gasteiger partial charge on any atom is -0.479 e. The SMILES string of the molecule is Cc1cc(-n2c(C(C)C)c([C@@H]3CO[C@@H](C(=O)O)C3)c3nc4[nH]ncc4cc32)ccc1F. The van der Waals surface area contributed by atoms with E-state index >= 15 is 0 Å². The van der Waals surface area contributed by atoms with Gasteiger partial charge in [0.15, 0.2) is 11.8 Å². The molecule has 0 bridgehead atoms. The number of hydrogen-bond donors (Lipinski definition) is 2. The summed E-state index contributed by atoms with van der Waals surface area (Å²) in [7, 11) is 0. The van der Waals surface area contributed by atoms with Crippen LogP contribution in [-0.4, -0.2) is 43.5 Å². The van der Waals surface area contributed by atoms with Crippen molar-refractivity contribution in [2.45, 2.75) is 45.1 Å². The number of aromatic nitrogens is 4. The van der Waals surface area contributed by atoms with Gasteiger partial charge in [-0.3, -0.25) is 5.10 Å².